The topological polar surface area (TPSA) is 312 Å². The minimum absolute atomic E-state index is 0.0200. The summed E-state index contributed by atoms with van der Waals surface area (Å²) < 4.78 is 60.9. The van der Waals surface area contributed by atoms with E-state index in [0.717, 1.165) is 6.08 Å². The van der Waals surface area contributed by atoms with E-state index in [1.165, 1.54) is 43.3 Å². The maximum absolute atomic E-state index is 17.6. The fraction of sp³-hybridized carbons (Fsp3) is 0.667. The van der Waals surface area contributed by atoms with E-state index in [1.807, 2.05) is 0 Å². The second-order valence-electron chi connectivity index (χ2n) is 20.2. The van der Waals surface area contributed by atoms with E-state index in [2.05, 4.69) is 26.6 Å². The van der Waals surface area contributed by atoms with Crippen molar-refractivity contribution in [2.75, 3.05) is 77.9 Å². The van der Waals surface area contributed by atoms with Crippen LogP contribution in [0.2, 0.25) is 0 Å². The Morgan fingerprint density at radius 1 is 0.851 bits per heavy atom. The summed E-state index contributed by atoms with van der Waals surface area (Å²) in [6, 6.07) is 3.02. The Kier molecular flexibility index (Phi) is 21.0. The van der Waals surface area contributed by atoms with Gasteiger partial charge >= 0.3 is 12.1 Å². The molecule has 4 aliphatic carbocycles. The van der Waals surface area contributed by atoms with Crippen molar-refractivity contribution in [1.82, 2.24) is 21.3 Å². The van der Waals surface area contributed by atoms with Crippen molar-refractivity contribution < 1.29 is 81.3 Å². The molecule has 0 spiro atoms. The second-order valence-corrected chi connectivity index (χ2v) is 20.2. The first-order chi connectivity index (χ1) is 35.0. The zero-order valence-corrected chi connectivity index (χ0v) is 42.8. The molecule has 0 radical (unpaired) electrons. The Balaban J connectivity index is 1.10. The molecule has 6 amide bonds. The van der Waals surface area contributed by atoms with Gasteiger partial charge in [0.2, 0.25) is 23.5 Å². The molecule has 3 fully saturated rings. The summed E-state index contributed by atoms with van der Waals surface area (Å²) in [6.45, 7) is 9.88. The molecule has 412 valence electrons. The summed E-state index contributed by atoms with van der Waals surface area (Å²) >= 11 is 0. The number of ketones is 2. The molecule has 1 aromatic rings. The number of amides is 6. The van der Waals surface area contributed by atoms with Crippen LogP contribution in [0.4, 0.5) is 24.1 Å². The van der Waals surface area contributed by atoms with Crippen LogP contribution in [-0.2, 0) is 42.9 Å². The van der Waals surface area contributed by atoms with E-state index in [9.17, 15) is 43.8 Å². The minimum Gasteiger partial charge on any atom is -0.486 e. The summed E-state index contributed by atoms with van der Waals surface area (Å²) in [6.07, 6.45) is -1.04. The monoisotopic (exact) mass is 1050 g/mol. The normalized spacial score (nSPS) is 28.6. The Morgan fingerprint density at radius 3 is 2.08 bits per heavy atom. The van der Waals surface area contributed by atoms with Crippen LogP contribution in [0.5, 0.6) is 5.75 Å². The number of carbonyl (C=O) groups excluding carboxylic acids is 6. The number of anilines is 1. The molecule has 5 rings (SSSR count). The Morgan fingerprint density at radius 2 is 1.47 bits per heavy atom. The molecular weight excluding hydrogens is 975 g/mol. The molecule has 0 heterocycles. The molecule has 1 aromatic carbocycles. The van der Waals surface area contributed by atoms with Crippen molar-refractivity contribution >= 4 is 47.1 Å². The van der Waals surface area contributed by atoms with Gasteiger partial charge in [0.05, 0.1) is 59.0 Å². The third kappa shape index (κ3) is 13.8. The van der Waals surface area contributed by atoms with Crippen molar-refractivity contribution in [2.45, 2.75) is 109 Å². The number of halogens is 2. The number of allylic oxidation sites excluding steroid dienone is 4. The summed E-state index contributed by atoms with van der Waals surface area (Å²) in [5, 5.41) is 45.3. The van der Waals surface area contributed by atoms with Gasteiger partial charge in [-0.1, -0.05) is 33.8 Å². The lowest BCUT2D eigenvalue weighted by Crippen LogP contribution is -2.70. The SMILES string of the molecule is CC(C)[C@H](NC(=O)CCOCCOCCOCCOCCNC(=O)O)C(=O)N[C@@H](CCCNC(N)=O)C(=O)Nc1ccc(OCC(=O)[C@@]2(O)[C@H](C)C[C@H]3[C@@H]4C[C@H](F)C5=CC(=O)C=C[C@]5(C)[C@@]4(F)[C@@H](O)C[C@@]32C)cc1. The van der Waals surface area contributed by atoms with Gasteiger partial charge in [-0.2, -0.15) is 0 Å². The molecule has 0 aliphatic heterocycles. The quantitative estimate of drug-likeness (QED) is 0.0521. The highest BCUT2D eigenvalue weighted by atomic mass is 19.1. The van der Waals surface area contributed by atoms with Gasteiger partial charge < -0.3 is 71.3 Å². The zero-order chi connectivity index (χ0) is 54.4. The van der Waals surface area contributed by atoms with Crippen LogP contribution in [0.3, 0.4) is 0 Å². The summed E-state index contributed by atoms with van der Waals surface area (Å²) in [5.41, 5.74) is -1.94. The minimum atomic E-state index is -2.37. The standard InChI is InChI=1S/C51H74F2N6O15/c1-30(2)43(59-42(63)13-17-70-19-21-72-23-24-73-22-20-71-18-16-56-47(67)68)45(65)58-39(7-6-15-55-46(54)66)44(64)57-32-8-10-34(11-9-32)74-29-41(62)51(69)31(3)25-35-36-27-38(52)37-26-33(60)12-14-48(37,4)50(36,53)40(61)28-49(35,51)5/h8-12,14,26,30-31,35-36,38-40,43,56,61,69H,6-7,13,15-25,27-29H2,1-5H3,(H,57,64)(H,58,65)(H,59,63)(H,67,68)(H3,54,55,66)/t31-,35+,36+,38+,39+,40+,43+,48+,49+,50+,51+/m1/s1. The Bertz CT molecular complexity index is 2220. The van der Waals surface area contributed by atoms with E-state index < -0.39 is 112 Å². The van der Waals surface area contributed by atoms with Crippen molar-refractivity contribution in [3.63, 3.8) is 0 Å². The van der Waals surface area contributed by atoms with Gasteiger partial charge in [-0.3, -0.25) is 24.0 Å². The largest absolute Gasteiger partial charge is 0.486 e. The smallest absolute Gasteiger partial charge is 0.404 e. The van der Waals surface area contributed by atoms with Gasteiger partial charge in [0.15, 0.2) is 11.5 Å². The number of hydrogen-bond donors (Lipinski definition) is 9. The van der Waals surface area contributed by atoms with Crippen LogP contribution in [0.25, 0.3) is 0 Å². The highest BCUT2D eigenvalue weighted by molar-refractivity contribution is 6.01. The van der Waals surface area contributed by atoms with Crippen LogP contribution >= 0.6 is 0 Å². The number of carboxylic acid groups (broad SMARTS) is 1. The van der Waals surface area contributed by atoms with Crippen molar-refractivity contribution in [1.29, 1.82) is 0 Å². The van der Waals surface area contributed by atoms with Gasteiger partial charge in [-0.05, 0) is 98.8 Å². The second kappa shape index (κ2) is 26.3. The lowest BCUT2D eigenvalue weighted by atomic mass is 9.44. The van der Waals surface area contributed by atoms with E-state index in [4.69, 9.17) is 34.5 Å². The number of Topliss-reactive ketones (excluding diaryl/α,β-unsaturated/α-hetero) is 1. The number of ether oxygens (including phenoxy) is 5. The number of aliphatic hydroxyl groups is 2. The third-order valence-corrected chi connectivity index (χ3v) is 15.1. The first-order valence-corrected chi connectivity index (χ1v) is 25.2. The number of primary amides is 1. The Hall–Kier alpha value is -5.59. The van der Waals surface area contributed by atoms with E-state index >= 15 is 8.78 Å². The molecular formula is C51H74F2N6O15. The average molecular weight is 1050 g/mol. The van der Waals surface area contributed by atoms with Crippen molar-refractivity contribution in [2.24, 2.45) is 40.2 Å². The molecule has 0 aromatic heterocycles. The van der Waals surface area contributed by atoms with Crippen molar-refractivity contribution in [3.05, 3.63) is 48.1 Å². The van der Waals surface area contributed by atoms with Gasteiger partial charge in [-0.25, -0.2) is 18.4 Å². The van der Waals surface area contributed by atoms with Crippen LogP contribution in [0.1, 0.15) is 73.1 Å². The molecule has 4 aliphatic rings. The molecule has 23 heteroatoms. The number of benzene rings is 1. The zero-order valence-electron chi connectivity index (χ0n) is 42.8. The number of hydrogen-bond acceptors (Lipinski definition) is 14. The number of nitrogens with one attached hydrogen (secondary N) is 5. The molecule has 3 saturated carbocycles. The third-order valence-electron chi connectivity index (χ3n) is 15.1. The number of nitrogens with two attached hydrogens (primary N) is 1. The molecule has 10 N–H and O–H groups in total. The summed E-state index contributed by atoms with van der Waals surface area (Å²) in [5.74, 6) is -5.55. The highest BCUT2D eigenvalue weighted by Crippen LogP contribution is 2.71. The molecule has 0 unspecified atom stereocenters. The fourth-order valence-electron chi connectivity index (χ4n) is 11.2. The fourth-order valence-corrected chi connectivity index (χ4v) is 11.2. The first-order valence-electron chi connectivity index (χ1n) is 25.2. The van der Waals surface area contributed by atoms with Gasteiger partial charge in [-0.15, -0.1) is 0 Å². The Labute approximate surface area is 429 Å². The van der Waals surface area contributed by atoms with Crippen LogP contribution in [0.15, 0.2) is 48.1 Å². The average Bonchev–Trinajstić information content (AvgIpc) is 3.54. The molecule has 74 heavy (non-hydrogen) atoms. The van der Waals surface area contributed by atoms with Gasteiger partial charge in [0.25, 0.3) is 0 Å². The van der Waals surface area contributed by atoms with E-state index in [0.29, 0.717) is 26.4 Å². The number of rotatable bonds is 29. The lowest BCUT2D eigenvalue weighted by Gasteiger charge is -2.63. The van der Waals surface area contributed by atoms with Gasteiger partial charge in [0, 0.05) is 41.9 Å². The molecule has 0 bridgehead atoms. The highest BCUT2D eigenvalue weighted by Gasteiger charge is 2.76. The van der Waals surface area contributed by atoms with Gasteiger partial charge in [0.1, 0.15) is 36.2 Å². The lowest BCUT2D eigenvalue weighted by molar-refractivity contribution is -0.223. The predicted molar refractivity (Wildman–Crippen MR) is 263 cm³/mol. The summed E-state index contributed by atoms with van der Waals surface area (Å²) in [4.78, 5) is 88.3. The van der Waals surface area contributed by atoms with Crippen LogP contribution < -0.4 is 37.1 Å². The van der Waals surface area contributed by atoms with Crippen LogP contribution in [-0.4, -0.2) is 165 Å². The van der Waals surface area contributed by atoms with E-state index in [1.54, 1.807) is 27.7 Å². The predicted octanol–water partition coefficient (Wildman–Crippen LogP) is 2.67. The number of urea groups is 1. The molecule has 21 nitrogen and oxygen atoms in total. The molecule has 0 saturated heterocycles. The number of fused-ring (bicyclic) bond motifs is 5. The van der Waals surface area contributed by atoms with E-state index in [-0.39, 0.29) is 101 Å². The maximum atomic E-state index is 17.6. The first kappa shape index (κ1) is 59.3. The summed E-state index contributed by atoms with van der Waals surface area (Å²) in [7, 11) is 0. The number of aliphatic hydroxyl groups excluding tert-OH is 1. The van der Waals surface area contributed by atoms with Crippen LogP contribution in [0, 0.1) is 34.5 Å². The van der Waals surface area contributed by atoms with Crippen molar-refractivity contribution in [3.8, 4) is 5.75 Å². The molecule has 11 atom stereocenters. The maximum Gasteiger partial charge on any atom is 0.404 e. The number of alkyl halides is 2. The number of carbonyl (C=O) groups is 7.